The molecule has 136 valence electrons. The number of hydrogen-bond acceptors (Lipinski definition) is 5. The molecule has 0 spiro atoms. The van der Waals surface area contributed by atoms with E-state index in [1.165, 1.54) is 25.3 Å². The first-order valence-corrected chi connectivity index (χ1v) is 8.58. The van der Waals surface area contributed by atoms with Crippen LogP contribution in [-0.2, 0) is 12.8 Å². The molecule has 1 aliphatic carbocycles. The van der Waals surface area contributed by atoms with Gasteiger partial charge in [-0.05, 0) is 65.9 Å². The molecule has 3 aromatic carbocycles. The SMILES string of the molecule is COc1cc(O)c2c(c1C(=O)c1ccc(O)cc1)CCc1cc(O)ccc1-2. The summed E-state index contributed by atoms with van der Waals surface area (Å²) in [4.78, 5) is 13.2. The number of fused-ring (bicyclic) bond motifs is 3. The van der Waals surface area contributed by atoms with Crippen LogP contribution >= 0.6 is 0 Å². The first kappa shape index (κ1) is 17.0. The maximum absolute atomic E-state index is 13.2. The van der Waals surface area contributed by atoms with Crippen LogP contribution in [-0.4, -0.2) is 28.2 Å². The molecule has 0 amide bonds. The predicted molar refractivity (Wildman–Crippen MR) is 101 cm³/mol. The number of rotatable bonds is 3. The molecule has 0 radical (unpaired) electrons. The summed E-state index contributed by atoms with van der Waals surface area (Å²) in [6.45, 7) is 0. The standard InChI is InChI=1S/C22H18O5/c1-27-19-11-18(25)20-16-9-7-15(24)10-13(16)4-8-17(20)21(19)22(26)12-2-5-14(23)6-3-12/h2-3,5-7,9-11,23-25H,4,8H2,1H3. The molecule has 0 aliphatic heterocycles. The molecule has 0 saturated carbocycles. The fraction of sp³-hybridized carbons (Fsp3) is 0.136. The third-order valence-corrected chi connectivity index (χ3v) is 4.95. The maximum Gasteiger partial charge on any atom is 0.197 e. The summed E-state index contributed by atoms with van der Waals surface area (Å²) in [7, 11) is 1.46. The second kappa shape index (κ2) is 6.36. The predicted octanol–water partition coefficient (Wildman–Crippen LogP) is 3.81. The maximum atomic E-state index is 13.2. The zero-order valence-corrected chi connectivity index (χ0v) is 14.7. The van der Waals surface area contributed by atoms with Gasteiger partial charge in [0.2, 0.25) is 0 Å². The Morgan fingerprint density at radius 3 is 2.33 bits per heavy atom. The van der Waals surface area contributed by atoms with Gasteiger partial charge in [-0.1, -0.05) is 6.07 Å². The van der Waals surface area contributed by atoms with E-state index >= 15 is 0 Å². The van der Waals surface area contributed by atoms with Gasteiger partial charge in [-0.15, -0.1) is 0 Å². The number of methoxy groups -OCH3 is 1. The van der Waals surface area contributed by atoms with Crippen molar-refractivity contribution in [1.29, 1.82) is 0 Å². The van der Waals surface area contributed by atoms with E-state index in [4.69, 9.17) is 4.74 Å². The molecule has 0 bridgehead atoms. The molecule has 27 heavy (non-hydrogen) atoms. The van der Waals surface area contributed by atoms with E-state index in [0.29, 0.717) is 35.3 Å². The number of benzene rings is 3. The Balaban J connectivity index is 1.95. The summed E-state index contributed by atoms with van der Waals surface area (Å²) in [6.07, 6.45) is 1.18. The van der Waals surface area contributed by atoms with Gasteiger partial charge in [0.25, 0.3) is 0 Å². The molecule has 5 nitrogen and oxygen atoms in total. The first-order valence-electron chi connectivity index (χ1n) is 8.58. The van der Waals surface area contributed by atoms with Crippen LogP contribution in [0.5, 0.6) is 23.0 Å². The fourth-order valence-corrected chi connectivity index (χ4v) is 3.70. The summed E-state index contributed by atoms with van der Waals surface area (Å²) < 4.78 is 5.40. The van der Waals surface area contributed by atoms with Crippen LogP contribution in [0.1, 0.15) is 27.0 Å². The molecule has 0 heterocycles. The van der Waals surface area contributed by atoms with Gasteiger partial charge >= 0.3 is 0 Å². The van der Waals surface area contributed by atoms with Gasteiger partial charge in [0.1, 0.15) is 23.0 Å². The Kier molecular flexibility index (Phi) is 4.00. The second-order valence-electron chi connectivity index (χ2n) is 6.54. The van der Waals surface area contributed by atoms with Gasteiger partial charge < -0.3 is 20.1 Å². The molecule has 1 aliphatic rings. The van der Waals surface area contributed by atoms with Crippen LogP contribution in [0, 0.1) is 0 Å². The highest BCUT2D eigenvalue weighted by Crippen LogP contribution is 2.45. The first-order chi connectivity index (χ1) is 13.0. The molecular formula is C22H18O5. The Hall–Kier alpha value is -3.47. The van der Waals surface area contributed by atoms with Crippen molar-refractivity contribution in [1.82, 2.24) is 0 Å². The Bertz CT molecular complexity index is 1050. The summed E-state index contributed by atoms with van der Waals surface area (Å²) in [5, 5.41) is 29.8. The minimum absolute atomic E-state index is 0.0377. The average molecular weight is 362 g/mol. The molecule has 0 saturated heterocycles. The fourth-order valence-electron chi connectivity index (χ4n) is 3.70. The number of hydrogen-bond donors (Lipinski definition) is 3. The summed E-state index contributed by atoms with van der Waals surface area (Å²) >= 11 is 0. The third kappa shape index (κ3) is 2.77. The van der Waals surface area contributed by atoms with Crippen molar-refractivity contribution in [2.75, 3.05) is 7.11 Å². The van der Waals surface area contributed by atoms with E-state index in [-0.39, 0.29) is 23.0 Å². The van der Waals surface area contributed by atoms with Crippen LogP contribution in [0.4, 0.5) is 0 Å². The molecule has 3 aromatic rings. The van der Waals surface area contributed by atoms with Crippen LogP contribution in [0.25, 0.3) is 11.1 Å². The highest BCUT2D eigenvalue weighted by molar-refractivity contribution is 6.13. The lowest BCUT2D eigenvalue weighted by Crippen LogP contribution is -2.13. The molecule has 0 unspecified atom stereocenters. The Morgan fingerprint density at radius 1 is 0.926 bits per heavy atom. The van der Waals surface area contributed by atoms with Crippen molar-refractivity contribution in [2.24, 2.45) is 0 Å². The zero-order valence-electron chi connectivity index (χ0n) is 14.7. The number of carbonyl (C=O) groups is 1. The van der Waals surface area contributed by atoms with Crippen LogP contribution in [0.2, 0.25) is 0 Å². The van der Waals surface area contributed by atoms with Crippen molar-refractivity contribution < 1.29 is 24.9 Å². The number of aryl methyl sites for hydroxylation is 1. The molecule has 0 fully saturated rings. The van der Waals surface area contributed by atoms with Gasteiger partial charge in [0.05, 0.1) is 12.7 Å². The van der Waals surface area contributed by atoms with E-state index in [2.05, 4.69) is 0 Å². The quantitative estimate of drug-likeness (QED) is 0.617. The van der Waals surface area contributed by atoms with E-state index in [9.17, 15) is 20.1 Å². The topological polar surface area (TPSA) is 87.0 Å². The lowest BCUT2D eigenvalue weighted by molar-refractivity contribution is 0.103. The minimum atomic E-state index is -0.231. The Morgan fingerprint density at radius 2 is 1.63 bits per heavy atom. The molecule has 0 aromatic heterocycles. The molecule has 4 rings (SSSR count). The van der Waals surface area contributed by atoms with Gasteiger partial charge in [-0.2, -0.15) is 0 Å². The van der Waals surface area contributed by atoms with Crippen molar-refractivity contribution in [2.45, 2.75) is 12.8 Å². The van der Waals surface area contributed by atoms with E-state index in [0.717, 1.165) is 16.7 Å². The lowest BCUT2D eigenvalue weighted by Gasteiger charge is -2.25. The van der Waals surface area contributed by atoms with E-state index < -0.39 is 0 Å². The Labute approximate surface area is 156 Å². The van der Waals surface area contributed by atoms with Crippen LogP contribution < -0.4 is 4.74 Å². The zero-order chi connectivity index (χ0) is 19.1. The molecular weight excluding hydrogens is 344 g/mol. The highest BCUT2D eigenvalue weighted by atomic mass is 16.5. The molecule has 0 atom stereocenters. The summed E-state index contributed by atoms with van der Waals surface area (Å²) in [6, 6.07) is 12.5. The number of phenols is 3. The van der Waals surface area contributed by atoms with Gasteiger partial charge in [0.15, 0.2) is 5.78 Å². The normalized spacial score (nSPS) is 12.2. The highest BCUT2D eigenvalue weighted by Gasteiger charge is 2.28. The van der Waals surface area contributed by atoms with Crippen molar-refractivity contribution >= 4 is 5.78 Å². The lowest BCUT2D eigenvalue weighted by atomic mass is 9.80. The van der Waals surface area contributed by atoms with Gasteiger partial charge in [-0.3, -0.25) is 4.79 Å². The average Bonchev–Trinajstić information content (AvgIpc) is 2.67. The number of ether oxygens (including phenoxy) is 1. The van der Waals surface area contributed by atoms with Crippen LogP contribution in [0.15, 0.2) is 48.5 Å². The number of aromatic hydroxyl groups is 3. The van der Waals surface area contributed by atoms with E-state index in [1.807, 2.05) is 0 Å². The number of carbonyl (C=O) groups excluding carboxylic acids is 1. The third-order valence-electron chi connectivity index (χ3n) is 4.95. The van der Waals surface area contributed by atoms with Crippen molar-refractivity contribution in [3.05, 3.63) is 70.8 Å². The summed E-state index contributed by atoms with van der Waals surface area (Å²) in [5.41, 5.74) is 3.88. The van der Waals surface area contributed by atoms with Crippen LogP contribution in [0.3, 0.4) is 0 Å². The van der Waals surface area contributed by atoms with E-state index in [1.54, 1.807) is 30.3 Å². The summed E-state index contributed by atoms with van der Waals surface area (Å²) in [5.74, 6) is 0.373. The minimum Gasteiger partial charge on any atom is -0.508 e. The van der Waals surface area contributed by atoms with Crippen molar-refractivity contribution in [3.63, 3.8) is 0 Å². The molecule has 3 N–H and O–H groups in total. The molecule has 5 heteroatoms. The smallest absolute Gasteiger partial charge is 0.197 e. The van der Waals surface area contributed by atoms with Gasteiger partial charge in [0, 0.05) is 17.2 Å². The number of ketones is 1. The number of phenolic OH excluding ortho intramolecular Hbond substituents is 3. The monoisotopic (exact) mass is 362 g/mol. The van der Waals surface area contributed by atoms with Gasteiger partial charge in [-0.25, -0.2) is 0 Å². The second-order valence-corrected chi connectivity index (χ2v) is 6.54. The largest absolute Gasteiger partial charge is 0.508 e. The van der Waals surface area contributed by atoms with Crippen molar-refractivity contribution in [3.8, 4) is 34.1 Å².